The lowest BCUT2D eigenvalue weighted by Crippen LogP contribution is -2.22. The van der Waals surface area contributed by atoms with E-state index in [-0.39, 0.29) is 5.91 Å². The van der Waals surface area contributed by atoms with Crippen LogP contribution in [0.1, 0.15) is 15.9 Å². The molecule has 6 heteroatoms. The van der Waals surface area contributed by atoms with Crippen molar-refractivity contribution in [2.45, 2.75) is 6.54 Å². The summed E-state index contributed by atoms with van der Waals surface area (Å²) in [6, 6.07) is 19.2. The molecule has 0 aliphatic carbocycles. The highest BCUT2D eigenvalue weighted by molar-refractivity contribution is 7.22. The number of hydrogen-bond donors (Lipinski definition) is 2. The number of carbonyl (C=O) groups excluding carboxylic acids is 1. The van der Waals surface area contributed by atoms with E-state index in [0.717, 1.165) is 26.6 Å². The highest BCUT2D eigenvalue weighted by Gasteiger charge is 2.10. The number of nitrogens with one attached hydrogen (secondary N) is 2. The number of pyridine rings is 1. The lowest BCUT2D eigenvalue weighted by Gasteiger charge is -2.05. The molecule has 0 aliphatic heterocycles. The number of hydrogen-bond acceptors (Lipinski definition) is 5. The Bertz CT molecular complexity index is 1030. The van der Waals surface area contributed by atoms with Crippen LogP contribution < -0.4 is 10.6 Å². The molecule has 0 bridgehead atoms. The predicted octanol–water partition coefficient (Wildman–Crippen LogP) is 4.36. The molecule has 0 atom stereocenters. The average molecular weight is 360 g/mol. The molecule has 2 aromatic heterocycles. The van der Waals surface area contributed by atoms with E-state index in [0.29, 0.717) is 12.1 Å². The van der Waals surface area contributed by atoms with Gasteiger partial charge in [-0.1, -0.05) is 41.7 Å². The van der Waals surface area contributed by atoms with Crippen molar-refractivity contribution >= 4 is 38.3 Å². The molecule has 0 aliphatic rings. The molecule has 4 aromatic rings. The van der Waals surface area contributed by atoms with Gasteiger partial charge in [-0.25, -0.2) is 4.98 Å². The van der Waals surface area contributed by atoms with E-state index in [9.17, 15) is 4.79 Å². The first-order valence-corrected chi connectivity index (χ1v) is 8.99. The van der Waals surface area contributed by atoms with Gasteiger partial charge in [0.05, 0.1) is 22.1 Å². The molecule has 0 fully saturated rings. The van der Waals surface area contributed by atoms with Gasteiger partial charge in [0.25, 0.3) is 5.91 Å². The molecule has 26 heavy (non-hydrogen) atoms. The van der Waals surface area contributed by atoms with E-state index in [1.54, 1.807) is 18.5 Å². The van der Waals surface area contributed by atoms with Crippen LogP contribution >= 0.6 is 11.3 Å². The van der Waals surface area contributed by atoms with Gasteiger partial charge in [-0.05, 0) is 35.9 Å². The minimum atomic E-state index is -0.0917. The third-order valence-corrected chi connectivity index (χ3v) is 4.79. The fraction of sp³-hybridized carbons (Fsp3) is 0.0500. The normalized spacial score (nSPS) is 10.6. The summed E-state index contributed by atoms with van der Waals surface area (Å²) in [6.07, 6.45) is 3.47. The fourth-order valence-electron chi connectivity index (χ4n) is 2.56. The van der Waals surface area contributed by atoms with E-state index in [1.807, 2.05) is 54.6 Å². The molecule has 0 saturated heterocycles. The number of amides is 1. The van der Waals surface area contributed by atoms with Crippen molar-refractivity contribution in [2.75, 3.05) is 5.32 Å². The first-order chi connectivity index (χ1) is 12.8. The second-order valence-electron chi connectivity index (χ2n) is 5.74. The number of nitrogens with zero attached hydrogens (tertiary/aromatic N) is 2. The van der Waals surface area contributed by atoms with Crippen LogP contribution in [-0.4, -0.2) is 15.9 Å². The van der Waals surface area contributed by atoms with Crippen molar-refractivity contribution in [1.82, 2.24) is 15.3 Å². The zero-order valence-corrected chi connectivity index (χ0v) is 14.7. The van der Waals surface area contributed by atoms with Crippen LogP contribution in [0.4, 0.5) is 10.8 Å². The van der Waals surface area contributed by atoms with Crippen LogP contribution in [0.25, 0.3) is 10.2 Å². The molecule has 2 heterocycles. The first-order valence-electron chi connectivity index (χ1n) is 8.18. The number of thiazole rings is 1. The Hall–Kier alpha value is -3.25. The number of rotatable bonds is 5. The topological polar surface area (TPSA) is 66.9 Å². The number of carbonyl (C=O) groups is 1. The van der Waals surface area contributed by atoms with Crippen molar-refractivity contribution < 1.29 is 4.79 Å². The van der Waals surface area contributed by atoms with Crippen molar-refractivity contribution in [3.8, 4) is 0 Å². The molecule has 4 rings (SSSR count). The second-order valence-corrected chi connectivity index (χ2v) is 6.77. The fourth-order valence-corrected chi connectivity index (χ4v) is 3.49. The maximum absolute atomic E-state index is 12.4. The summed E-state index contributed by atoms with van der Waals surface area (Å²) >= 11 is 1.51. The highest BCUT2D eigenvalue weighted by atomic mass is 32.1. The van der Waals surface area contributed by atoms with Crippen LogP contribution in [0, 0.1) is 0 Å². The molecule has 128 valence electrons. The van der Waals surface area contributed by atoms with E-state index in [1.165, 1.54) is 11.3 Å². The monoisotopic (exact) mass is 360 g/mol. The SMILES string of the molecule is O=C(NCc1ccccc1)c1ccc2nc(Nc3cccnc3)sc2c1. The molecule has 5 nitrogen and oxygen atoms in total. The standard InChI is InChI=1S/C20H16N4OS/c25-19(22-12-14-5-2-1-3-6-14)15-8-9-17-18(11-15)26-20(24-17)23-16-7-4-10-21-13-16/h1-11,13H,12H2,(H,22,25)(H,23,24). The summed E-state index contributed by atoms with van der Waals surface area (Å²) in [4.78, 5) is 21.0. The van der Waals surface area contributed by atoms with E-state index >= 15 is 0 Å². The maximum atomic E-state index is 12.4. The Labute approximate surface area is 154 Å². The Kier molecular flexibility index (Phi) is 4.57. The molecular formula is C20H16N4OS. The van der Waals surface area contributed by atoms with Gasteiger partial charge in [-0.2, -0.15) is 0 Å². The van der Waals surface area contributed by atoms with Gasteiger partial charge in [-0.3, -0.25) is 9.78 Å². The second kappa shape index (κ2) is 7.33. The van der Waals surface area contributed by atoms with Gasteiger partial charge in [0.1, 0.15) is 0 Å². The van der Waals surface area contributed by atoms with E-state index < -0.39 is 0 Å². The Morgan fingerprint density at radius 3 is 2.73 bits per heavy atom. The average Bonchev–Trinajstić information content (AvgIpc) is 3.09. The van der Waals surface area contributed by atoms with Gasteiger partial charge >= 0.3 is 0 Å². The molecule has 2 N–H and O–H groups in total. The molecule has 0 unspecified atom stereocenters. The molecule has 2 aromatic carbocycles. The summed E-state index contributed by atoms with van der Waals surface area (Å²) in [6.45, 7) is 0.508. The first kappa shape index (κ1) is 16.2. The minimum Gasteiger partial charge on any atom is -0.348 e. The van der Waals surface area contributed by atoms with Gasteiger partial charge < -0.3 is 10.6 Å². The molecular weight excluding hydrogens is 344 g/mol. The van der Waals surface area contributed by atoms with Crippen LogP contribution in [0.15, 0.2) is 73.1 Å². The summed E-state index contributed by atoms with van der Waals surface area (Å²) < 4.78 is 0.962. The Morgan fingerprint density at radius 2 is 1.92 bits per heavy atom. The van der Waals surface area contributed by atoms with Crippen LogP contribution in [-0.2, 0) is 6.54 Å². The summed E-state index contributed by atoms with van der Waals surface area (Å²) in [7, 11) is 0. The quantitative estimate of drug-likeness (QED) is 0.555. The van der Waals surface area contributed by atoms with Gasteiger partial charge in [0, 0.05) is 18.3 Å². The van der Waals surface area contributed by atoms with Crippen LogP contribution in [0.2, 0.25) is 0 Å². The maximum Gasteiger partial charge on any atom is 0.251 e. The molecule has 0 spiro atoms. The minimum absolute atomic E-state index is 0.0917. The van der Waals surface area contributed by atoms with E-state index in [4.69, 9.17) is 0 Å². The molecule has 1 amide bonds. The van der Waals surface area contributed by atoms with Crippen molar-refractivity contribution in [3.63, 3.8) is 0 Å². The lowest BCUT2D eigenvalue weighted by molar-refractivity contribution is 0.0951. The summed E-state index contributed by atoms with van der Waals surface area (Å²) in [5, 5.41) is 6.95. The summed E-state index contributed by atoms with van der Waals surface area (Å²) in [5.41, 5.74) is 3.45. The zero-order chi connectivity index (χ0) is 17.8. The highest BCUT2D eigenvalue weighted by Crippen LogP contribution is 2.28. The van der Waals surface area contributed by atoms with Crippen molar-refractivity contribution in [1.29, 1.82) is 0 Å². The van der Waals surface area contributed by atoms with Gasteiger partial charge in [-0.15, -0.1) is 0 Å². The van der Waals surface area contributed by atoms with E-state index in [2.05, 4.69) is 20.6 Å². The Morgan fingerprint density at radius 1 is 1.04 bits per heavy atom. The third-order valence-electron chi connectivity index (χ3n) is 3.86. The smallest absolute Gasteiger partial charge is 0.251 e. The molecule has 0 radical (unpaired) electrons. The van der Waals surface area contributed by atoms with Crippen LogP contribution in [0.5, 0.6) is 0 Å². The number of anilines is 2. The van der Waals surface area contributed by atoms with Crippen LogP contribution in [0.3, 0.4) is 0 Å². The Balaban J connectivity index is 1.49. The number of benzene rings is 2. The summed E-state index contributed by atoms with van der Waals surface area (Å²) in [5.74, 6) is -0.0917. The number of fused-ring (bicyclic) bond motifs is 1. The molecule has 0 saturated carbocycles. The predicted molar refractivity (Wildman–Crippen MR) is 105 cm³/mol. The third kappa shape index (κ3) is 3.70. The van der Waals surface area contributed by atoms with Crippen molar-refractivity contribution in [3.05, 3.63) is 84.2 Å². The van der Waals surface area contributed by atoms with Crippen molar-refractivity contribution in [2.24, 2.45) is 0 Å². The number of aromatic nitrogens is 2. The zero-order valence-electron chi connectivity index (χ0n) is 13.8. The van der Waals surface area contributed by atoms with Gasteiger partial charge in [0.2, 0.25) is 0 Å². The lowest BCUT2D eigenvalue weighted by atomic mass is 10.2. The van der Waals surface area contributed by atoms with Gasteiger partial charge in [0.15, 0.2) is 5.13 Å². The largest absolute Gasteiger partial charge is 0.348 e.